The van der Waals surface area contributed by atoms with E-state index in [0.29, 0.717) is 48.1 Å². The van der Waals surface area contributed by atoms with Gasteiger partial charge in [-0.2, -0.15) is 5.26 Å². The lowest BCUT2D eigenvalue weighted by Gasteiger charge is -2.27. The Morgan fingerprint density at radius 3 is 2.61 bits per heavy atom. The Bertz CT molecular complexity index is 1300. The van der Waals surface area contributed by atoms with Gasteiger partial charge in [-0.05, 0) is 49.9 Å². The van der Waals surface area contributed by atoms with Crippen LogP contribution in [-0.2, 0) is 6.54 Å². The van der Waals surface area contributed by atoms with Gasteiger partial charge < -0.3 is 24.5 Å². The van der Waals surface area contributed by atoms with Crippen molar-refractivity contribution in [1.82, 2.24) is 4.57 Å². The van der Waals surface area contributed by atoms with Crippen LogP contribution in [0.2, 0.25) is 0 Å². The number of nitrogens with two attached hydrogens (primary N) is 1. The van der Waals surface area contributed by atoms with Crippen LogP contribution in [0.3, 0.4) is 0 Å². The van der Waals surface area contributed by atoms with Gasteiger partial charge in [0, 0.05) is 16.6 Å². The summed E-state index contributed by atoms with van der Waals surface area (Å²) >= 11 is 1.59. The van der Waals surface area contributed by atoms with Gasteiger partial charge in [0.05, 0.1) is 31.2 Å². The third-order valence-electron chi connectivity index (χ3n) is 5.48. The molecule has 3 heterocycles. The number of hydrogen-bond acceptors (Lipinski definition) is 7. The molecule has 1 aliphatic rings. The van der Waals surface area contributed by atoms with Gasteiger partial charge in [-0.25, -0.2) is 0 Å². The van der Waals surface area contributed by atoms with Crippen molar-refractivity contribution in [3.63, 3.8) is 0 Å². The van der Waals surface area contributed by atoms with E-state index in [2.05, 4.69) is 6.07 Å². The SMILES string of the molecule is CCOc1ccc([C@@H]2C(C#N)=C(N)Oc3cc(C)n(Cc4cccs4)c(=O)c32)cc1OCC. The van der Waals surface area contributed by atoms with Crippen molar-refractivity contribution in [2.24, 2.45) is 5.73 Å². The summed E-state index contributed by atoms with van der Waals surface area (Å²) in [4.78, 5) is 14.8. The minimum absolute atomic E-state index is 0.00310. The Morgan fingerprint density at radius 1 is 1.18 bits per heavy atom. The van der Waals surface area contributed by atoms with Crippen LogP contribution >= 0.6 is 11.3 Å². The third kappa shape index (κ3) is 4.20. The van der Waals surface area contributed by atoms with Gasteiger partial charge in [0.15, 0.2) is 11.5 Å². The first-order valence-corrected chi connectivity index (χ1v) is 11.6. The molecule has 7 nitrogen and oxygen atoms in total. The molecule has 33 heavy (non-hydrogen) atoms. The van der Waals surface area contributed by atoms with Crippen LogP contribution in [-0.4, -0.2) is 17.8 Å². The second-order valence-corrected chi connectivity index (χ2v) is 8.56. The van der Waals surface area contributed by atoms with Crippen LogP contribution in [0.1, 0.15) is 41.5 Å². The topological polar surface area (TPSA) is 99.5 Å². The molecule has 0 aliphatic carbocycles. The molecule has 170 valence electrons. The molecule has 3 aromatic rings. The standard InChI is InChI=1S/C25H25N3O4S/c1-4-30-19-9-8-16(12-20(19)31-5-2)22-18(13-26)24(27)32-21-11-15(3)28(25(29)23(21)22)14-17-7-6-10-33-17/h6-12,22H,4-5,14,27H2,1-3H3/t22-/m1/s1. The number of fused-ring (bicyclic) bond motifs is 1. The molecule has 1 atom stereocenters. The van der Waals surface area contributed by atoms with Gasteiger partial charge in [-0.15, -0.1) is 11.3 Å². The number of benzene rings is 1. The van der Waals surface area contributed by atoms with E-state index in [0.717, 1.165) is 10.6 Å². The summed E-state index contributed by atoms with van der Waals surface area (Å²) in [7, 11) is 0. The lowest BCUT2D eigenvalue weighted by Crippen LogP contribution is -2.32. The molecule has 0 unspecified atom stereocenters. The Hall–Kier alpha value is -3.70. The highest BCUT2D eigenvalue weighted by atomic mass is 32.1. The number of rotatable bonds is 7. The fourth-order valence-corrected chi connectivity index (χ4v) is 4.71. The van der Waals surface area contributed by atoms with E-state index in [1.165, 1.54) is 0 Å². The number of pyridine rings is 1. The highest BCUT2D eigenvalue weighted by Gasteiger charge is 2.35. The summed E-state index contributed by atoms with van der Waals surface area (Å²) in [5.41, 5.74) is 7.94. The summed E-state index contributed by atoms with van der Waals surface area (Å²) < 4.78 is 18.9. The van der Waals surface area contributed by atoms with Crippen molar-refractivity contribution in [2.75, 3.05) is 13.2 Å². The number of thiophene rings is 1. The summed E-state index contributed by atoms with van der Waals surface area (Å²) in [5, 5.41) is 11.9. The molecule has 0 bridgehead atoms. The average Bonchev–Trinajstić information content (AvgIpc) is 3.30. The first-order valence-electron chi connectivity index (χ1n) is 10.7. The highest BCUT2D eigenvalue weighted by molar-refractivity contribution is 7.09. The van der Waals surface area contributed by atoms with Crippen LogP contribution in [0.25, 0.3) is 0 Å². The normalized spacial score (nSPS) is 14.9. The van der Waals surface area contributed by atoms with Gasteiger partial charge >= 0.3 is 0 Å². The largest absolute Gasteiger partial charge is 0.490 e. The van der Waals surface area contributed by atoms with Gasteiger partial charge in [0.1, 0.15) is 17.4 Å². The summed E-state index contributed by atoms with van der Waals surface area (Å²) in [6.45, 7) is 7.02. The number of nitrogens with zero attached hydrogens (tertiary/aromatic N) is 2. The minimum atomic E-state index is -0.684. The summed E-state index contributed by atoms with van der Waals surface area (Å²) in [5.74, 6) is 0.831. The van der Waals surface area contributed by atoms with E-state index in [9.17, 15) is 10.1 Å². The van der Waals surface area contributed by atoms with Crippen molar-refractivity contribution in [1.29, 1.82) is 5.26 Å². The number of allylic oxidation sites excluding steroid dienone is 1. The second kappa shape index (κ2) is 9.43. The Morgan fingerprint density at radius 2 is 1.94 bits per heavy atom. The molecule has 0 radical (unpaired) electrons. The van der Waals surface area contributed by atoms with Crippen LogP contribution in [0.5, 0.6) is 17.2 Å². The zero-order chi connectivity index (χ0) is 23.5. The van der Waals surface area contributed by atoms with Crippen LogP contribution in [0.4, 0.5) is 0 Å². The molecule has 8 heteroatoms. The zero-order valence-electron chi connectivity index (χ0n) is 18.8. The molecule has 0 saturated carbocycles. The molecule has 1 aromatic carbocycles. The predicted molar refractivity (Wildman–Crippen MR) is 127 cm³/mol. The van der Waals surface area contributed by atoms with E-state index in [1.54, 1.807) is 28.0 Å². The highest BCUT2D eigenvalue weighted by Crippen LogP contribution is 2.42. The fraction of sp³-hybridized carbons (Fsp3) is 0.280. The van der Waals surface area contributed by atoms with Crippen LogP contribution in [0.15, 0.2) is 58.0 Å². The Kier molecular flexibility index (Phi) is 6.43. The lowest BCUT2D eigenvalue weighted by atomic mass is 9.84. The molecule has 1 aliphatic heterocycles. The van der Waals surface area contributed by atoms with Crippen LogP contribution < -0.4 is 25.5 Å². The number of hydrogen-bond donors (Lipinski definition) is 1. The quantitative estimate of drug-likeness (QED) is 0.561. The maximum atomic E-state index is 13.8. The van der Waals surface area contributed by atoms with Crippen molar-refractivity contribution < 1.29 is 14.2 Å². The number of nitriles is 1. The van der Waals surface area contributed by atoms with Crippen LogP contribution in [0, 0.1) is 18.3 Å². The van der Waals surface area contributed by atoms with Gasteiger partial charge in [-0.3, -0.25) is 4.79 Å². The Labute approximate surface area is 196 Å². The maximum absolute atomic E-state index is 13.8. The molecular weight excluding hydrogens is 438 g/mol. The Balaban J connectivity index is 1.91. The van der Waals surface area contributed by atoms with E-state index in [-0.39, 0.29) is 17.0 Å². The number of ether oxygens (including phenoxy) is 3. The van der Waals surface area contributed by atoms with Crippen molar-refractivity contribution >= 4 is 11.3 Å². The van der Waals surface area contributed by atoms with Crippen molar-refractivity contribution in [2.45, 2.75) is 33.2 Å². The summed E-state index contributed by atoms with van der Waals surface area (Å²) in [6, 6.07) is 13.3. The lowest BCUT2D eigenvalue weighted by molar-refractivity contribution is 0.287. The van der Waals surface area contributed by atoms with E-state index in [4.69, 9.17) is 19.9 Å². The van der Waals surface area contributed by atoms with Crippen molar-refractivity contribution in [3.8, 4) is 23.3 Å². The molecule has 0 saturated heterocycles. The smallest absolute Gasteiger partial charge is 0.259 e. The third-order valence-corrected chi connectivity index (χ3v) is 6.35. The first-order chi connectivity index (χ1) is 16.0. The van der Waals surface area contributed by atoms with E-state index < -0.39 is 5.92 Å². The zero-order valence-corrected chi connectivity index (χ0v) is 19.6. The van der Waals surface area contributed by atoms with Gasteiger partial charge in [-0.1, -0.05) is 12.1 Å². The number of aryl methyl sites for hydroxylation is 1. The molecule has 0 amide bonds. The molecule has 2 aromatic heterocycles. The number of aromatic nitrogens is 1. The fourth-order valence-electron chi connectivity index (χ4n) is 4.02. The maximum Gasteiger partial charge on any atom is 0.259 e. The average molecular weight is 464 g/mol. The van der Waals surface area contributed by atoms with Gasteiger partial charge in [0.25, 0.3) is 5.56 Å². The van der Waals surface area contributed by atoms with Gasteiger partial charge in [0.2, 0.25) is 5.88 Å². The van der Waals surface area contributed by atoms with E-state index >= 15 is 0 Å². The van der Waals surface area contributed by atoms with Crippen molar-refractivity contribution in [3.05, 3.63) is 85.3 Å². The minimum Gasteiger partial charge on any atom is -0.490 e. The molecule has 2 N–H and O–H groups in total. The molecule has 0 spiro atoms. The molecule has 4 rings (SSSR count). The summed E-state index contributed by atoms with van der Waals surface area (Å²) in [6.07, 6.45) is 0. The van der Waals surface area contributed by atoms with E-state index in [1.807, 2.05) is 50.4 Å². The predicted octanol–water partition coefficient (Wildman–Crippen LogP) is 4.28. The second-order valence-electron chi connectivity index (χ2n) is 7.53. The first kappa shape index (κ1) is 22.5. The monoisotopic (exact) mass is 463 g/mol. The molecule has 0 fully saturated rings. The molecular formula is C25H25N3O4S.